The number of amides is 1. The average Bonchev–Trinajstić information content (AvgIpc) is 2.47. The third kappa shape index (κ3) is 2.90. The van der Waals surface area contributed by atoms with E-state index < -0.39 is 17.7 Å². The second kappa shape index (κ2) is 4.21. The predicted molar refractivity (Wildman–Crippen MR) is 54.9 cm³/mol. The number of thioether (sulfide) groups is 1. The second-order valence-electron chi connectivity index (χ2n) is 4.08. The van der Waals surface area contributed by atoms with Crippen molar-refractivity contribution in [3.05, 3.63) is 0 Å². The smallest absolute Gasteiger partial charge is 0.411 e. The van der Waals surface area contributed by atoms with E-state index >= 15 is 0 Å². The van der Waals surface area contributed by atoms with Crippen LogP contribution in [0.4, 0.5) is 4.79 Å². The van der Waals surface area contributed by atoms with Crippen LogP contribution >= 0.6 is 11.8 Å². The molecule has 0 aromatic rings. The summed E-state index contributed by atoms with van der Waals surface area (Å²) in [5, 5.41) is 0. The molecule has 0 N–H and O–H groups in total. The molecule has 4 nitrogen and oxygen atoms in total. The zero-order valence-electron chi connectivity index (χ0n) is 8.57. The van der Waals surface area contributed by atoms with Gasteiger partial charge in [-0.05, 0) is 20.8 Å². The van der Waals surface area contributed by atoms with Gasteiger partial charge in [-0.1, -0.05) is 0 Å². The lowest BCUT2D eigenvalue weighted by Crippen LogP contribution is -2.41. The largest absolute Gasteiger partial charge is 0.444 e. The predicted octanol–water partition coefficient (Wildman–Crippen LogP) is 1.41. The van der Waals surface area contributed by atoms with Crippen molar-refractivity contribution in [1.29, 1.82) is 0 Å². The number of hydrogen-bond donors (Lipinski definition) is 0. The van der Waals surface area contributed by atoms with Gasteiger partial charge in [0, 0.05) is 5.75 Å². The number of carbonyl (C=O) groups is 1. The molecule has 1 radical (unpaired) electrons. The molecule has 1 fully saturated rings. The van der Waals surface area contributed by atoms with Gasteiger partial charge in [-0.2, -0.15) is 0 Å². The Morgan fingerprint density at radius 1 is 1.57 bits per heavy atom. The topological polar surface area (TPSA) is 46.6 Å². The summed E-state index contributed by atoms with van der Waals surface area (Å²) in [4.78, 5) is 23.4. The lowest BCUT2D eigenvalue weighted by Gasteiger charge is -2.25. The first kappa shape index (κ1) is 11.4. The summed E-state index contributed by atoms with van der Waals surface area (Å²) in [7, 11) is 0. The maximum atomic E-state index is 11.5. The van der Waals surface area contributed by atoms with Gasteiger partial charge in [0.1, 0.15) is 11.6 Å². The van der Waals surface area contributed by atoms with Crippen LogP contribution < -0.4 is 0 Å². The summed E-state index contributed by atoms with van der Waals surface area (Å²) in [6.45, 7) is 5.40. The fourth-order valence-electron chi connectivity index (χ4n) is 1.04. The molecule has 1 aliphatic rings. The molecular weight excluding hydrogens is 202 g/mol. The maximum absolute atomic E-state index is 11.5. The molecule has 0 bridgehead atoms. The van der Waals surface area contributed by atoms with Gasteiger partial charge in [0.2, 0.25) is 6.29 Å². The van der Waals surface area contributed by atoms with Gasteiger partial charge in [0.25, 0.3) is 0 Å². The lowest BCUT2D eigenvalue weighted by molar-refractivity contribution is 0.0277. The molecule has 1 saturated heterocycles. The van der Waals surface area contributed by atoms with Crippen LogP contribution in [0.25, 0.3) is 0 Å². The molecule has 0 spiro atoms. The summed E-state index contributed by atoms with van der Waals surface area (Å²) in [5.41, 5.74) is -0.516. The molecule has 1 atom stereocenters. The van der Waals surface area contributed by atoms with E-state index in [1.165, 1.54) is 16.7 Å². The third-order valence-electron chi connectivity index (χ3n) is 1.65. The van der Waals surface area contributed by atoms with Crippen LogP contribution in [0.5, 0.6) is 0 Å². The fraction of sp³-hybridized carbons (Fsp3) is 0.778. The van der Waals surface area contributed by atoms with Gasteiger partial charge in [-0.25, -0.2) is 4.79 Å². The van der Waals surface area contributed by atoms with E-state index in [1.807, 2.05) is 6.29 Å². The number of hydrogen-bond acceptors (Lipinski definition) is 4. The van der Waals surface area contributed by atoms with E-state index in [9.17, 15) is 9.59 Å². The van der Waals surface area contributed by atoms with Crippen LogP contribution in [0.15, 0.2) is 0 Å². The minimum atomic E-state index is -0.516. The summed E-state index contributed by atoms with van der Waals surface area (Å²) in [5.74, 6) is 1.12. The van der Waals surface area contributed by atoms with Gasteiger partial charge in [0.15, 0.2) is 0 Å². The Morgan fingerprint density at radius 2 is 2.21 bits per heavy atom. The minimum Gasteiger partial charge on any atom is -0.444 e. The van der Waals surface area contributed by atoms with E-state index in [2.05, 4.69) is 0 Å². The van der Waals surface area contributed by atoms with E-state index in [1.54, 1.807) is 20.8 Å². The first-order valence-corrected chi connectivity index (χ1v) is 5.54. The van der Waals surface area contributed by atoms with Crippen molar-refractivity contribution in [1.82, 2.24) is 4.90 Å². The van der Waals surface area contributed by atoms with Gasteiger partial charge in [-0.3, -0.25) is 9.69 Å². The van der Waals surface area contributed by atoms with Gasteiger partial charge >= 0.3 is 6.09 Å². The molecular formula is C9H14NO3S. The summed E-state index contributed by atoms with van der Waals surface area (Å²) >= 11 is 1.53. The highest BCUT2D eigenvalue weighted by molar-refractivity contribution is 7.99. The standard InChI is InChI=1S/C9H14NO3S/c1-9(2,3)13-8(12)10-6-14-5-7(10)4-11/h7H,5-6H2,1-3H3/t7-/m1/s1. The van der Waals surface area contributed by atoms with E-state index in [4.69, 9.17) is 4.74 Å². The first-order valence-electron chi connectivity index (χ1n) is 4.39. The summed E-state index contributed by atoms with van der Waals surface area (Å²) in [6.07, 6.45) is 1.40. The second-order valence-corrected chi connectivity index (χ2v) is 5.08. The highest BCUT2D eigenvalue weighted by Gasteiger charge is 2.32. The Bertz CT molecular complexity index is 237. The fourth-order valence-corrected chi connectivity index (χ4v) is 2.10. The van der Waals surface area contributed by atoms with Crippen molar-refractivity contribution in [2.75, 3.05) is 11.6 Å². The highest BCUT2D eigenvalue weighted by Crippen LogP contribution is 2.22. The maximum Gasteiger partial charge on any atom is 0.411 e. The van der Waals surface area contributed by atoms with E-state index in [-0.39, 0.29) is 0 Å². The quantitative estimate of drug-likeness (QED) is 0.665. The molecule has 0 aliphatic carbocycles. The number of rotatable bonds is 1. The molecule has 1 rings (SSSR count). The molecule has 79 valence electrons. The Kier molecular flexibility index (Phi) is 3.42. The van der Waals surface area contributed by atoms with Crippen molar-refractivity contribution in [3.63, 3.8) is 0 Å². The molecule has 0 saturated carbocycles. The van der Waals surface area contributed by atoms with Gasteiger partial charge in [0.05, 0.1) is 5.88 Å². The van der Waals surface area contributed by atoms with Crippen LogP contribution in [0.3, 0.4) is 0 Å². The Balaban J connectivity index is 2.56. The van der Waals surface area contributed by atoms with Crippen molar-refractivity contribution in [3.8, 4) is 0 Å². The van der Waals surface area contributed by atoms with Gasteiger partial charge in [-0.15, -0.1) is 11.8 Å². The Morgan fingerprint density at radius 3 is 2.71 bits per heavy atom. The zero-order chi connectivity index (χ0) is 10.8. The van der Waals surface area contributed by atoms with Crippen LogP contribution in [0.1, 0.15) is 20.8 Å². The normalized spacial score (nSPS) is 22.2. The third-order valence-corrected chi connectivity index (χ3v) is 2.66. The van der Waals surface area contributed by atoms with Gasteiger partial charge < -0.3 is 4.74 Å². The van der Waals surface area contributed by atoms with Crippen molar-refractivity contribution in [2.45, 2.75) is 32.4 Å². The van der Waals surface area contributed by atoms with E-state index in [0.29, 0.717) is 11.6 Å². The average molecular weight is 216 g/mol. The molecule has 0 aromatic carbocycles. The van der Waals surface area contributed by atoms with E-state index in [0.717, 1.165) is 0 Å². The Hall–Kier alpha value is -0.710. The van der Waals surface area contributed by atoms with Crippen LogP contribution in [-0.4, -0.2) is 40.6 Å². The highest BCUT2D eigenvalue weighted by atomic mass is 32.2. The number of nitrogens with zero attached hydrogens (tertiary/aromatic N) is 1. The molecule has 0 unspecified atom stereocenters. The molecule has 1 aliphatic heterocycles. The molecule has 14 heavy (non-hydrogen) atoms. The number of ether oxygens (including phenoxy) is 1. The summed E-state index contributed by atoms with van der Waals surface area (Å²) < 4.78 is 5.15. The lowest BCUT2D eigenvalue weighted by atomic mass is 10.2. The van der Waals surface area contributed by atoms with Crippen LogP contribution in [-0.2, 0) is 9.53 Å². The molecule has 1 heterocycles. The molecule has 5 heteroatoms. The number of carbonyl (C=O) groups excluding carboxylic acids is 2. The monoisotopic (exact) mass is 216 g/mol. The van der Waals surface area contributed by atoms with Crippen LogP contribution in [0, 0.1) is 0 Å². The first-order chi connectivity index (χ1) is 6.44. The van der Waals surface area contributed by atoms with Crippen molar-refractivity contribution in [2.24, 2.45) is 0 Å². The molecule has 0 aromatic heterocycles. The SMILES string of the molecule is CC(C)(C)OC(=O)N1CSC[C@H]1[C]=O. The zero-order valence-corrected chi connectivity index (χ0v) is 9.39. The summed E-state index contributed by atoms with van der Waals surface area (Å²) in [6, 6.07) is -0.449. The minimum absolute atomic E-state index is 0.434. The van der Waals surface area contributed by atoms with Crippen molar-refractivity contribution >= 4 is 24.1 Å². The molecule has 1 amide bonds. The van der Waals surface area contributed by atoms with Crippen molar-refractivity contribution < 1.29 is 14.3 Å². The Labute approximate surface area is 88.0 Å². The van der Waals surface area contributed by atoms with Crippen LogP contribution in [0.2, 0.25) is 0 Å².